The predicted molar refractivity (Wildman–Crippen MR) is 65.1 cm³/mol. The van der Waals surface area contributed by atoms with E-state index in [9.17, 15) is 24.9 Å². The number of nitrogens with one attached hydrogen (secondary N) is 1. The van der Waals surface area contributed by atoms with E-state index in [1.165, 1.54) is 13.1 Å². The Morgan fingerprint density at radius 3 is 2.50 bits per heavy atom. The molecule has 20 heavy (non-hydrogen) atoms. The van der Waals surface area contributed by atoms with Crippen LogP contribution in [0.25, 0.3) is 0 Å². The van der Waals surface area contributed by atoms with Crippen LogP contribution in [-0.4, -0.2) is 61.0 Å². The van der Waals surface area contributed by atoms with Crippen LogP contribution >= 0.6 is 0 Å². The van der Waals surface area contributed by atoms with E-state index in [4.69, 9.17) is 9.84 Å². The SMILES string of the molecule is Cc1cn([C@@H]2O[C@@H](CO)[C@H](O)[C@@H](O)[C@H]2O)c(=O)[nH]c1=O. The molecule has 9 nitrogen and oxygen atoms in total. The molecule has 0 unspecified atom stereocenters. The summed E-state index contributed by atoms with van der Waals surface area (Å²) in [5, 5.41) is 38.3. The number of aliphatic hydroxyl groups excluding tert-OH is 4. The topological polar surface area (TPSA) is 145 Å². The maximum atomic E-state index is 11.7. The Kier molecular flexibility index (Phi) is 4.06. The molecule has 5 N–H and O–H groups in total. The van der Waals surface area contributed by atoms with Crippen LogP contribution < -0.4 is 11.2 Å². The quantitative estimate of drug-likeness (QED) is 0.385. The third-order valence-electron chi connectivity index (χ3n) is 3.29. The van der Waals surface area contributed by atoms with Gasteiger partial charge in [-0.25, -0.2) is 4.79 Å². The summed E-state index contributed by atoms with van der Waals surface area (Å²) in [5.74, 6) is 0. The Morgan fingerprint density at radius 1 is 1.25 bits per heavy atom. The van der Waals surface area contributed by atoms with E-state index in [0.29, 0.717) is 0 Å². The number of H-pyrrole nitrogens is 1. The number of rotatable bonds is 2. The smallest absolute Gasteiger partial charge is 0.330 e. The van der Waals surface area contributed by atoms with Crippen LogP contribution in [0.4, 0.5) is 0 Å². The summed E-state index contributed by atoms with van der Waals surface area (Å²) >= 11 is 0. The number of nitrogens with zero attached hydrogens (tertiary/aromatic N) is 1. The number of aromatic amines is 1. The molecule has 9 heteroatoms. The first-order valence-electron chi connectivity index (χ1n) is 5.99. The molecule has 1 saturated heterocycles. The van der Waals surface area contributed by atoms with Gasteiger partial charge in [-0.05, 0) is 6.92 Å². The molecule has 0 bridgehead atoms. The van der Waals surface area contributed by atoms with Gasteiger partial charge < -0.3 is 25.2 Å². The summed E-state index contributed by atoms with van der Waals surface area (Å²) < 4.78 is 6.13. The van der Waals surface area contributed by atoms with E-state index in [2.05, 4.69) is 0 Å². The van der Waals surface area contributed by atoms with E-state index in [-0.39, 0.29) is 5.56 Å². The highest BCUT2D eigenvalue weighted by molar-refractivity contribution is 5.03. The summed E-state index contributed by atoms with van der Waals surface area (Å²) in [7, 11) is 0. The van der Waals surface area contributed by atoms with Crippen molar-refractivity contribution in [3.8, 4) is 0 Å². The van der Waals surface area contributed by atoms with E-state index in [0.717, 1.165) is 4.57 Å². The lowest BCUT2D eigenvalue weighted by Gasteiger charge is -2.40. The fourth-order valence-electron chi connectivity index (χ4n) is 2.09. The normalized spacial score (nSPS) is 34.1. The van der Waals surface area contributed by atoms with Gasteiger partial charge in [0.2, 0.25) is 0 Å². The predicted octanol–water partition coefficient (Wildman–Crippen LogP) is -3.18. The van der Waals surface area contributed by atoms with Crippen LogP contribution in [0.1, 0.15) is 11.8 Å². The number of aromatic nitrogens is 2. The number of aliphatic hydroxyl groups is 4. The molecule has 0 aliphatic carbocycles. The molecular weight excluding hydrogens is 272 g/mol. The van der Waals surface area contributed by atoms with Crippen LogP contribution in [-0.2, 0) is 4.74 Å². The Hall–Kier alpha value is -1.52. The highest BCUT2D eigenvalue weighted by atomic mass is 16.6. The van der Waals surface area contributed by atoms with Crippen molar-refractivity contribution in [3.63, 3.8) is 0 Å². The highest BCUT2D eigenvalue weighted by Crippen LogP contribution is 2.27. The molecule has 1 aliphatic rings. The molecule has 1 aliphatic heterocycles. The fraction of sp³-hybridized carbons (Fsp3) is 0.636. The maximum absolute atomic E-state index is 11.7. The molecular formula is C11H16N2O7. The molecule has 1 aromatic heterocycles. The second-order valence-electron chi connectivity index (χ2n) is 4.70. The minimum Gasteiger partial charge on any atom is -0.394 e. The minimum absolute atomic E-state index is 0.210. The molecule has 0 amide bonds. The molecule has 1 fully saturated rings. The standard InChI is InChI=1S/C11H16N2O7/c1-4-2-13(11(19)12-9(4)18)10-8(17)7(16)6(15)5(3-14)20-10/h2,5-8,10,14-17H,3H2,1H3,(H,12,18,19)/t5-,6-,7+,8+,10+/m0/s1. The summed E-state index contributed by atoms with van der Waals surface area (Å²) in [4.78, 5) is 25.1. The monoisotopic (exact) mass is 288 g/mol. The summed E-state index contributed by atoms with van der Waals surface area (Å²) in [6.07, 6.45) is -5.97. The average Bonchev–Trinajstić information content (AvgIpc) is 2.41. The first kappa shape index (κ1) is 14.9. The molecule has 2 heterocycles. The molecule has 0 radical (unpaired) electrons. The maximum Gasteiger partial charge on any atom is 0.330 e. The second kappa shape index (κ2) is 5.46. The van der Waals surface area contributed by atoms with Gasteiger partial charge in [-0.1, -0.05) is 0 Å². The van der Waals surface area contributed by atoms with Crippen molar-refractivity contribution in [1.29, 1.82) is 0 Å². The van der Waals surface area contributed by atoms with Crippen LogP contribution in [0.2, 0.25) is 0 Å². The van der Waals surface area contributed by atoms with Crippen molar-refractivity contribution in [2.45, 2.75) is 37.6 Å². The molecule has 5 atom stereocenters. The highest BCUT2D eigenvalue weighted by Gasteiger charge is 2.44. The van der Waals surface area contributed by atoms with Gasteiger partial charge in [0.05, 0.1) is 6.61 Å². The van der Waals surface area contributed by atoms with Gasteiger partial charge in [-0.15, -0.1) is 0 Å². The Labute approximate surface area is 112 Å². The molecule has 2 rings (SSSR count). The van der Waals surface area contributed by atoms with Gasteiger partial charge in [0.15, 0.2) is 6.23 Å². The van der Waals surface area contributed by atoms with E-state index in [1.807, 2.05) is 4.98 Å². The number of aryl methyl sites for hydroxylation is 1. The first-order chi connectivity index (χ1) is 9.36. The van der Waals surface area contributed by atoms with Crippen molar-refractivity contribution in [2.75, 3.05) is 6.61 Å². The zero-order valence-corrected chi connectivity index (χ0v) is 10.6. The lowest BCUT2D eigenvalue weighted by molar-refractivity contribution is -0.252. The van der Waals surface area contributed by atoms with Crippen LogP contribution in [0.5, 0.6) is 0 Å². The van der Waals surface area contributed by atoms with E-state index < -0.39 is 48.5 Å². The molecule has 0 spiro atoms. The Morgan fingerprint density at radius 2 is 1.90 bits per heavy atom. The van der Waals surface area contributed by atoms with Gasteiger partial charge in [0.1, 0.15) is 24.4 Å². The van der Waals surface area contributed by atoms with Gasteiger partial charge in [-0.3, -0.25) is 14.3 Å². The summed E-state index contributed by atoms with van der Waals surface area (Å²) in [5.41, 5.74) is -1.19. The lowest BCUT2D eigenvalue weighted by Crippen LogP contribution is -2.58. The number of hydrogen-bond donors (Lipinski definition) is 5. The van der Waals surface area contributed by atoms with Gasteiger partial charge in [0, 0.05) is 11.8 Å². The second-order valence-corrected chi connectivity index (χ2v) is 4.70. The Bertz CT molecular complexity index is 593. The van der Waals surface area contributed by atoms with Gasteiger partial charge >= 0.3 is 5.69 Å². The van der Waals surface area contributed by atoms with Gasteiger partial charge in [0.25, 0.3) is 5.56 Å². The van der Waals surface area contributed by atoms with Gasteiger partial charge in [-0.2, -0.15) is 0 Å². The summed E-state index contributed by atoms with van der Waals surface area (Å²) in [6, 6.07) is 0. The zero-order chi connectivity index (χ0) is 15.0. The van der Waals surface area contributed by atoms with Crippen LogP contribution in [0, 0.1) is 6.92 Å². The van der Waals surface area contributed by atoms with Crippen molar-refractivity contribution in [2.24, 2.45) is 0 Å². The zero-order valence-electron chi connectivity index (χ0n) is 10.6. The van der Waals surface area contributed by atoms with Crippen molar-refractivity contribution in [3.05, 3.63) is 32.6 Å². The number of hydrogen-bond acceptors (Lipinski definition) is 7. The lowest BCUT2D eigenvalue weighted by atomic mass is 9.98. The summed E-state index contributed by atoms with van der Waals surface area (Å²) in [6.45, 7) is 0.858. The van der Waals surface area contributed by atoms with Crippen LogP contribution in [0.15, 0.2) is 15.8 Å². The van der Waals surface area contributed by atoms with Crippen molar-refractivity contribution < 1.29 is 25.2 Å². The molecule has 0 saturated carbocycles. The van der Waals surface area contributed by atoms with Crippen molar-refractivity contribution in [1.82, 2.24) is 9.55 Å². The van der Waals surface area contributed by atoms with E-state index >= 15 is 0 Å². The van der Waals surface area contributed by atoms with E-state index in [1.54, 1.807) is 0 Å². The number of ether oxygens (including phenoxy) is 1. The molecule has 0 aromatic carbocycles. The first-order valence-corrected chi connectivity index (χ1v) is 5.99. The largest absolute Gasteiger partial charge is 0.394 e. The molecule has 1 aromatic rings. The fourth-order valence-corrected chi connectivity index (χ4v) is 2.09. The van der Waals surface area contributed by atoms with Crippen LogP contribution in [0.3, 0.4) is 0 Å². The third-order valence-corrected chi connectivity index (χ3v) is 3.29. The Balaban J connectivity index is 2.44. The minimum atomic E-state index is -1.59. The van der Waals surface area contributed by atoms with Crippen molar-refractivity contribution >= 4 is 0 Å². The average molecular weight is 288 g/mol. The third kappa shape index (κ3) is 2.41. The molecule has 112 valence electrons.